The van der Waals surface area contributed by atoms with Crippen LogP contribution < -0.4 is 0 Å². The van der Waals surface area contributed by atoms with Gasteiger partial charge in [0.1, 0.15) is 0 Å². The van der Waals surface area contributed by atoms with Crippen molar-refractivity contribution in [2.45, 2.75) is 23.5 Å². The van der Waals surface area contributed by atoms with E-state index in [1.54, 1.807) is 28.6 Å². The van der Waals surface area contributed by atoms with E-state index in [0.29, 0.717) is 28.3 Å². The fourth-order valence-corrected chi connectivity index (χ4v) is 5.97. The van der Waals surface area contributed by atoms with Crippen molar-refractivity contribution in [3.63, 3.8) is 0 Å². The first-order chi connectivity index (χ1) is 11.5. The predicted molar refractivity (Wildman–Crippen MR) is 101 cm³/mol. The molecule has 1 aliphatic heterocycles. The standard InChI is InChI=1S/C18H20ClNO2S2/c1-14-4-2-3-5-17(14)18-10-11-20(12-13-23-18)24(21,22)16-8-6-15(19)7-9-16/h2-9,18H,10-13H2,1H3. The Labute approximate surface area is 153 Å². The minimum atomic E-state index is -3.46. The molecule has 1 heterocycles. The third kappa shape index (κ3) is 3.80. The molecule has 0 bridgehead atoms. The van der Waals surface area contributed by atoms with Gasteiger partial charge in [0.2, 0.25) is 10.0 Å². The Balaban J connectivity index is 1.78. The van der Waals surface area contributed by atoms with Crippen LogP contribution in [0.4, 0.5) is 0 Å². The molecule has 0 N–H and O–H groups in total. The van der Waals surface area contributed by atoms with Crippen molar-refractivity contribution >= 4 is 33.4 Å². The number of thioether (sulfide) groups is 1. The average Bonchev–Trinajstić information content (AvgIpc) is 2.82. The van der Waals surface area contributed by atoms with Gasteiger partial charge in [0.25, 0.3) is 0 Å². The summed E-state index contributed by atoms with van der Waals surface area (Å²) in [6.45, 7) is 3.19. The van der Waals surface area contributed by atoms with Gasteiger partial charge in [-0.25, -0.2) is 8.42 Å². The van der Waals surface area contributed by atoms with Crippen LogP contribution in [0.25, 0.3) is 0 Å². The molecule has 2 aromatic rings. The average molecular weight is 382 g/mol. The van der Waals surface area contributed by atoms with Crippen molar-refractivity contribution in [2.75, 3.05) is 18.8 Å². The Kier molecular flexibility index (Phi) is 5.55. The number of sulfonamides is 1. The molecule has 1 fully saturated rings. The molecule has 0 aliphatic carbocycles. The summed E-state index contributed by atoms with van der Waals surface area (Å²) in [6.07, 6.45) is 0.822. The number of nitrogens with zero attached hydrogens (tertiary/aromatic N) is 1. The summed E-state index contributed by atoms with van der Waals surface area (Å²) in [5.41, 5.74) is 2.58. The molecular formula is C18H20ClNO2S2. The molecule has 0 spiro atoms. The molecule has 24 heavy (non-hydrogen) atoms. The third-order valence-corrected chi connectivity index (χ3v) is 7.76. The van der Waals surface area contributed by atoms with Crippen molar-refractivity contribution in [2.24, 2.45) is 0 Å². The first-order valence-corrected chi connectivity index (χ1v) is 10.8. The van der Waals surface area contributed by atoms with Crippen molar-refractivity contribution in [3.8, 4) is 0 Å². The quantitative estimate of drug-likeness (QED) is 0.784. The van der Waals surface area contributed by atoms with E-state index in [1.807, 2.05) is 17.8 Å². The van der Waals surface area contributed by atoms with Gasteiger partial charge in [-0.1, -0.05) is 35.9 Å². The molecule has 1 saturated heterocycles. The second-order valence-electron chi connectivity index (χ2n) is 5.86. The smallest absolute Gasteiger partial charge is 0.207 e. The zero-order valence-electron chi connectivity index (χ0n) is 13.5. The van der Waals surface area contributed by atoms with E-state index in [4.69, 9.17) is 11.6 Å². The molecule has 0 aromatic heterocycles. The van der Waals surface area contributed by atoms with Crippen LogP contribution in [0.3, 0.4) is 0 Å². The largest absolute Gasteiger partial charge is 0.243 e. The minimum absolute atomic E-state index is 0.311. The number of halogens is 1. The summed E-state index contributed by atoms with van der Waals surface area (Å²) in [6, 6.07) is 14.8. The van der Waals surface area contributed by atoms with Crippen LogP contribution in [0.1, 0.15) is 22.8 Å². The molecule has 3 rings (SSSR count). The second kappa shape index (κ2) is 7.48. The van der Waals surface area contributed by atoms with Gasteiger partial charge in [0, 0.05) is 29.1 Å². The van der Waals surface area contributed by atoms with E-state index >= 15 is 0 Å². The molecule has 1 atom stereocenters. The highest BCUT2D eigenvalue weighted by molar-refractivity contribution is 7.99. The molecule has 0 radical (unpaired) electrons. The Morgan fingerprint density at radius 3 is 2.50 bits per heavy atom. The first-order valence-electron chi connectivity index (χ1n) is 7.91. The maximum atomic E-state index is 12.8. The van der Waals surface area contributed by atoms with Gasteiger partial charge in [-0.15, -0.1) is 0 Å². The number of benzene rings is 2. The zero-order valence-corrected chi connectivity index (χ0v) is 15.9. The topological polar surface area (TPSA) is 37.4 Å². The van der Waals surface area contributed by atoms with E-state index in [2.05, 4.69) is 25.1 Å². The summed E-state index contributed by atoms with van der Waals surface area (Å²) >= 11 is 7.71. The number of hydrogen-bond donors (Lipinski definition) is 0. The summed E-state index contributed by atoms with van der Waals surface area (Å²) < 4.78 is 27.3. The second-order valence-corrected chi connectivity index (χ2v) is 9.55. The van der Waals surface area contributed by atoms with E-state index in [9.17, 15) is 8.42 Å². The SMILES string of the molecule is Cc1ccccc1C1CCN(S(=O)(=O)c2ccc(Cl)cc2)CCS1. The van der Waals surface area contributed by atoms with Crippen LogP contribution in [-0.2, 0) is 10.0 Å². The molecule has 2 aromatic carbocycles. The lowest BCUT2D eigenvalue weighted by Gasteiger charge is -2.20. The van der Waals surface area contributed by atoms with Crippen LogP contribution in [0.2, 0.25) is 5.02 Å². The third-order valence-electron chi connectivity index (χ3n) is 4.29. The van der Waals surface area contributed by atoms with E-state index in [1.165, 1.54) is 11.1 Å². The molecule has 1 unspecified atom stereocenters. The maximum Gasteiger partial charge on any atom is 0.243 e. The Morgan fingerprint density at radius 2 is 1.79 bits per heavy atom. The molecule has 128 valence electrons. The Morgan fingerprint density at radius 1 is 1.08 bits per heavy atom. The number of hydrogen-bond acceptors (Lipinski definition) is 3. The van der Waals surface area contributed by atoms with Crippen molar-refractivity contribution in [1.29, 1.82) is 0 Å². The van der Waals surface area contributed by atoms with Crippen molar-refractivity contribution in [1.82, 2.24) is 4.31 Å². The zero-order chi connectivity index (χ0) is 17.2. The Bertz CT molecular complexity index is 806. The molecule has 1 aliphatic rings. The van der Waals surface area contributed by atoms with Crippen LogP contribution in [0.15, 0.2) is 53.4 Å². The van der Waals surface area contributed by atoms with Crippen molar-refractivity contribution in [3.05, 3.63) is 64.7 Å². The lowest BCUT2D eigenvalue weighted by Crippen LogP contribution is -2.33. The first kappa shape index (κ1) is 17.8. The molecule has 3 nitrogen and oxygen atoms in total. The fraction of sp³-hybridized carbons (Fsp3) is 0.333. The lowest BCUT2D eigenvalue weighted by molar-refractivity contribution is 0.428. The molecule has 6 heteroatoms. The van der Waals surface area contributed by atoms with Gasteiger partial charge in [-0.3, -0.25) is 0 Å². The number of aryl methyl sites for hydroxylation is 1. The molecule has 0 saturated carbocycles. The summed E-state index contributed by atoms with van der Waals surface area (Å²) in [7, 11) is -3.46. The number of rotatable bonds is 3. The van der Waals surface area contributed by atoms with Crippen LogP contribution >= 0.6 is 23.4 Å². The highest BCUT2D eigenvalue weighted by Gasteiger charge is 2.28. The summed E-state index contributed by atoms with van der Waals surface area (Å²) in [4.78, 5) is 0.311. The lowest BCUT2D eigenvalue weighted by atomic mass is 10.0. The highest BCUT2D eigenvalue weighted by atomic mass is 35.5. The monoisotopic (exact) mass is 381 g/mol. The normalized spacial score (nSPS) is 19.8. The van der Waals surface area contributed by atoms with Gasteiger partial charge in [-0.2, -0.15) is 16.1 Å². The summed E-state index contributed by atoms with van der Waals surface area (Å²) in [5, 5.41) is 0.886. The van der Waals surface area contributed by atoms with E-state index in [-0.39, 0.29) is 0 Å². The fourth-order valence-electron chi connectivity index (χ4n) is 2.94. The molecular weight excluding hydrogens is 362 g/mol. The predicted octanol–water partition coefficient (Wildman–Crippen LogP) is 4.52. The molecule has 0 amide bonds. The maximum absolute atomic E-state index is 12.8. The highest BCUT2D eigenvalue weighted by Crippen LogP contribution is 2.37. The van der Waals surface area contributed by atoms with Crippen LogP contribution in [-0.4, -0.2) is 31.6 Å². The van der Waals surface area contributed by atoms with Crippen LogP contribution in [0.5, 0.6) is 0 Å². The van der Waals surface area contributed by atoms with Crippen LogP contribution in [0, 0.1) is 6.92 Å². The minimum Gasteiger partial charge on any atom is -0.207 e. The van der Waals surface area contributed by atoms with Crippen molar-refractivity contribution < 1.29 is 8.42 Å². The van der Waals surface area contributed by atoms with E-state index < -0.39 is 10.0 Å². The van der Waals surface area contributed by atoms with Gasteiger partial charge >= 0.3 is 0 Å². The summed E-state index contributed by atoms with van der Waals surface area (Å²) in [5.74, 6) is 0.797. The van der Waals surface area contributed by atoms with Gasteiger partial charge in [0.15, 0.2) is 0 Å². The Hall–Kier alpha value is -1.01. The van der Waals surface area contributed by atoms with Gasteiger partial charge < -0.3 is 0 Å². The van der Waals surface area contributed by atoms with Gasteiger partial charge in [-0.05, 0) is 48.7 Å². The van der Waals surface area contributed by atoms with Gasteiger partial charge in [0.05, 0.1) is 4.90 Å². The van der Waals surface area contributed by atoms with E-state index in [0.717, 1.165) is 12.2 Å².